The topological polar surface area (TPSA) is 96.4 Å². The Bertz CT molecular complexity index is 999. The highest BCUT2D eigenvalue weighted by Gasteiger charge is 2.81. The summed E-state index contributed by atoms with van der Waals surface area (Å²) in [6, 6.07) is 0. The van der Waals surface area contributed by atoms with Crippen LogP contribution in [0.2, 0.25) is 0 Å². The quantitative estimate of drug-likeness (QED) is 0.485. The summed E-state index contributed by atoms with van der Waals surface area (Å²) in [5.74, 6) is 0.934. The second kappa shape index (κ2) is 7.27. The lowest BCUT2D eigenvalue weighted by Crippen LogP contribution is -2.62. The summed E-state index contributed by atoms with van der Waals surface area (Å²) >= 11 is 0. The Morgan fingerprint density at radius 3 is 2.59 bits per heavy atom. The molecule has 2 unspecified atom stereocenters. The molecular formula is C28H38O6. The Hall–Kier alpha value is -1.50. The van der Waals surface area contributed by atoms with E-state index >= 15 is 0 Å². The van der Waals surface area contributed by atoms with Crippen LogP contribution in [0.1, 0.15) is 66.2 Å². The maximum Gasteiger partial charge on any atom is 0.336 e. The number of ether oxygens (including phenoxy) is 2. The summed E-state index contributed by atoms with van der Waals surface area (Å²) in [6.07, 6.45) is 8.27. The number of ketones is 1. The predicted molar refractivity (Wildman–Crippen MR) is 124 cm³/mol. The van der Waals surface area contributed by atoms with Crippen LogP contribution in [0.5, 0.6) is 0 Å². The average Bonchev–Trinajstić information content (AvgIpc) is 3.46. The van der Waals surface area contributed by atoms with E-state index in [-0.39, 0.29) is 59.3 Å². The molecule has 186 valence electrons. The van der Waals surface area contributed by atoms with Crippen molar-refractivity contribution in [1.29, 1.82) is 0 Å². The number of epoxide rings is 1. The van der Waals surface area contributed by atoms with Crippen molar-refractivity contribution in [2.24, 2.45) is 40.4 Å². The van der Waals surface area contributed by atoms with Gasteiger partial charge in [0.05, 0.1) is 24.4 Å². The van der Waals surface area contributed by atoms with Crippen LogP contribution in [0.25, 0.3) is 0 Å². The lowest BCUT2D eigenvalue weighted by Gasteiger charge is -2.60. The number of hydrogen-bond donors (Lipinski definition) is 2. The summed E-state index contributed by atoms with van der Waals surface area (Å²) in [4.78, 5) is 25.7. The molecule has 1 spiro atoms. The van der Waals surface area contributed by atoms with E-state index in [1.54, 1.807) is 12.2 Å². The third-order valence-electron chi connectivity index (χ3n) is 11.6. The first kappa shape index (κ1) is 22.9. The van der Waals surface area contributed by atoms with E-state index in [0.29, 0.717) is 23.8 Å². The molecule has 0 amide bonds. The number of fused-ring (bicyclic) bond motifs is 3. The van der Waals surface area contributed by atoms with Gasteiger partial charge in [-0.3, -0.25) is 4.79 Å². The highest BCUT2D eigenvalue weighted by Crippen LogP contribution is 2.77. The number of rotatable bonds is 3. The summed E-state index contributed by atoms with van der Waals surface area (Å²) in [7, 11) is 0. The number of allylic oxidation sites excluding steroid dienone is 1. The van der Waals surface area contributed by atoms with Gasteiger partial charge in [0.1, 0.15) is 11.7 Å². The van der Waals surface area contributed by atoms with E-state index in [9.17, 15) is 19.8 Å². The molecule has 2 aliphatic heterocycles. The van der Waals surface area contributed by atoms with Gasteiger partial charge in [0.2, 0.25) is 0 Å². The van der Waals surface area contributed by atoms with Crippen molar-refractivity contribution in [3.8, 4) is 0 Å². The molecule has 0 aromatic carbocycles. The predicted octanol–water partition coefficient (Wildman–Crippen LogP) is 3.35. The molecule has 0 aromatic heterocycles. The van der Waals surface area contributed by atoms with Crippen molar-refractivity contribution in [3.63, 3.8) is 0 Å². The molecule has 2 heterocycles. The van der Waals surface area contributed by atoms with Crippen LogP contribution >= 0.6 is 0 Å². The second-order valence-electron chi connectivity index (χ2n) is 12.5. The lowest BCUT2D eigenvalue weighted by atomic mass is 9.44. The molecule has 0 radical (unpaired) electrons. The minimum atomic E-state index is -0.539. The standard InChI is InChI=1S/C28H38O6/c1-14-11-22(33-25(32)16(14)13-29)15(2)20-12-24-28(34-24)18-5-6-19-21(30)7-8-23(31)27(19,4)17(18)9-10-26(20,28)3/h7-8,15,17-22,24,29-30H,5-6,9-13H2,1-4H3/t15-,17-,18+,19?,20+,21-,22?,24-,26+,27+,28-/m0/s1. The number of carbonyl (C=O) groups is 2. The summed E-state index contributed by atoms with van der Waals surface area (Å²) < 4.78 is 12.5. The van der Waals surface area contributed by atoms with Crippen molar-refractivity contribution in [2.45, 2.75) is 90.1 Å². The third-order valence-corrected chi connectivity index (χ3v) is 11.6. The molecule has 34 heavy (non-hydrogen) atoms. The zero-order chi connectivity index (χ0) is 24.2. The van der Waals surface area contributed by atoms with Crippen molar-refractivity contribution >= 4 is 11.8 Å². The molecule has 6 nitrogen and oxygen atoms in total. The first-order chi connectivity index (χ1) is 16.1. The molecule has 3 saturated carbocycles. The molecule has 6 aliphatic rings. The molecule has 4 fully saturated rings. The van der Waals surface area contributed by atoms with Crippen LogP contribution in [-0.4, -0.2) is 52.5 Å². The Kier molecular flexibility index (Phi) is 4.90. The Morgan fingerprint density at radius 2 is 1.88 bits per heavy atom. The monoisotopic (exact) mass is 470 g/mol. The Balaban J connectivity index is 1.29. The normalized spacial score (nSPS) is 52.4. The Morgan fingerprint density at radius 1 is 1.15 bits per heavy atom. The number of cyclic esters (lactones) is 1. The van der Waals surface area contributed by atoms with Gasteiger partial charge in [0, 0.05) is 23.2 Å². The van der Waals surface area contributed by atoms with Crippen molar-refractivity contribution < 1.29 is 29.3 Å². The van der Waals surface area contributed by atoms with Gasteiger partial charge in [0.15, 0.2) is 5.78 Å². The van der Waals surface area contributed by atoms with Crippen molar-refractivity contribution in [3.05, 3.63) is 23.3 Å². The average molecular weight is 471 g/mol. The molecule has 6 heteroatoms. The van der Waals surface area contributed by atoms with Gasteiger partial charge in [-0.15, -0.1) is 0 Å². The zero-order valence-corrected chi connectivity index (χ0v) is 20.8. The first-order valence-electron chi connectivity index (χ1n) is 13.2. The van der Waals surface area contributed by atoms with Gasteiger partial charge in [-0.25, -0.2) is 4.79 Å². The number of aliphatic hydroxyl groups excluding tert-OH is 2. The van der Waals surface area contributed by atoms with E-state index in [1.807, 2.05) is 6.92 Å². The van der Waals surface area contributed by atoms with E-state index < -0.39 is 11.5 Å². The van der Waals surface area contributed by atoms with Gasteiger partial charge >= 0.3 is 5.97 Å². The summed E-state index contributed by atoms with van der Waals surface area (Å²) in [5.41, 5.74) is 0.605. The van der Waals surface area contributed by atoms with E-state index in [1.165, 1.54) is 0 Å². The molecule has 4 aliphatic carbocycles. The summed E-state index contributed by atoms with van der Waals surface area (Å²) in [5, 5.41) is 20.2. The maximum atomic E-state index is 13.2. The highest BCUT2D eigenvalue weighted by molar-refractivity contribution is 5.96. The van der Waals surface area contributed by atoms with Gasteiger partial charge in [-0.2, -0.15) is 0 Å². The largest absolute Gasteiger partial charge is 0.458 e. The van der Waals surface area contributed by atoms with E-state index in [4.69, 9.17) is 9.47 Å². The molecule has 1 saturated heterocycles. The molecule has 0 bridgehead atoms. The smallest absolute Gasteiger partial charge is 0.336 e. The minimum absolute atomic E-state index is 0.00235. The maximum absolute atomic E-state index is 13.2. The second-order valence-corrected chi connectivity index (χ2v) is 12.5. The van der Waals surface area contributed by atoms with Gasteiger partial charge < -0.3 is 19.7 Å². The van der Waals surface area contributed by atoms with E-state index in [0.717, 1.165) is 37.7 Å². The fourth-order valence-corrected chi connectivity index (χ4v) is 9.65. The fraction of sp³-hybridized carbons (Fsp3) is 0.786. The van der Waals surface area contributed by atoms with Crippen LogP contribution < -0.4 is 0 Å². The fourth-order valence-electron chi connectivity index (χ4n) is 9.65. The molecule has 2 N–H and O–H groups in total. The van der Waals surface area contributed by atoms with Crippen molar-refractivity contribution in [1.82, 2.24) is 0 Å². The van der Waals surface area contributed by atoms with Crippen LogP contribution in [-0.2, 0) is 19.1 Å². The number of hydrogen-bond acceptors (Lipinski definition) is 6. The van der Waals surface area contributed by atoms with Crippen LogP contribution in [0.3, 0.4) is 0 Å². The SMILES string of the molecule is CC1=C(CO)C(=O)OC([C@@H](C)[C@H]2C[C@@H]3O[C@@]34[C@@H]3CCC5[C@@H](O)C=CC(=O)[C@]5(C)[C@H]3CC[C@]24C)C1. The third kappa shape index (κ3) is 2.63. The summed E-state index contributed by atoms with van der Waals surface area (Å²) in [6.45, 7) is 8.37. The van der Waals surface area contributed by atoms with Crippen LogP contribution in [0, 0.1) is 40.4 Å². The van der Waals surface area contributed by atoms with Gasteiger partial charge in [-0.1, -0.05) is 32.4 Å². The molecule has 0 aromatic rings. The van der Waals surface area contributed by atoms with Crippen LogP contribution in [0.4, 0.5) is 0 Å². The Labute approximate surface area is 201 Å². The highest BCUT2D eigenvalue weighted by atomic mass is 16.6. The van der Waals surface area contributed by atoms with Gasteiger partial charge in [0.25, 0.3) is 0 Å². The zero-order valence-electron chi connectivity index (χ0n) is 20.8. The van der Waals surface area contributed by atoms with Gasteiger partial charge in [-0.05, 0) is 68.8 Å². The first-order valence-corrected chi connectivity index (χ1v) is 13.2. The van der Waals surface area contributed by atoms with E-state index in [2.05, 4.69) is 20.8 Å². The number of esters is 1. The number of aliphatic hydroxyl groups is 2. The van der Waals surface area contributed by atoms with Crippen LogP contribution in [0.15, 0.2) is 23.3 Å². The van der Waals surface area contributed by atoms with Crippen molar-refractivity contribution in [2.75, 3.05) is 6.61 Å². The molecule has 6 rings (SSSR count). The minimum Gasteiger partial charge on any atom is -0.458 e. The number of carbonyl (C=O) groups excluding carboxylic acids is 2. The lowest BCUT2D eigenvalue weighted by molar-refractivity contribution is -0.168. The molecule has 11 atom stereocenters. The molecular weight excluding hydrogens is 432 g/mol.